The molecule has 7 N–H and O–H groups in total. The first-order valence-electron chi connectivity index (χ1n) is 37.8. The number of rotatable bonds is 24. The number of amides is 6. The Balaban J connectivity index is 0.000000174. The minimum Gasteiger partial charge on any atom is -0.406 e. The second kappa shape index (κ2) is 38.4. The topological polar surface area (TPSA) is 238 Å². The Morgan fingerprint density at radius 1 is 0.336 bits per heavy atom. The standard InChI is InChI=1S/C31H24F6N4O3.C30H22F6N4O3.C28H23F6N3O3S/c1-41-26-16-6-5-15-25(26)38-27(41)39-28(42)40-29(19-20-9-3-2-4-10-20,21-11-7-13-23(17-21)43-30(32,33)34)22-12-8-14-24(18-22)44-31(35,36)37;31-29(32,33)42-22-12-6-10-20(16-22)28(18-19-8-2-1-3-9-19,21-11-7-13-23(17-21)43-30(34,35)36)40-27(41)39-26-37-24-14-4-5-15-25(24)38-26;1-17-18(2)41-25(35-17)36-24(38)37-26(16-19-8-4-3-5-9-19,20-10-6-12-22(14-20)39-27(29,30)31)21-11-7-13-23(15-21)40-28(32,33)34/h2-18H,19H2,1H3,(H2,38,39,40,42);1-17H,18H2,(H3,37,38,39,40,41);3-15H,16H2,1-2H3,(H2,35,36,37,38). The first-order valence-corrected chi connectivity index (χ1v) is 38.6. The molecule has 128 heavy (non-hydrogen) atoms. The number of urea groups is 3. The molecule has 14 rings (SSSR count). The third-order valence-electron chi connectivity index (χ3n) is 19.2. The van der Waals surface area contributed by atoms with E-state index in [0.29, 0.717) is 44.5 Å². The van der Waals surface area contributed by atoms with E-state index in [4.69, 9.17) is 0 Å². The molecular formula is C89H69F18N11O9S. The number of aromatic amines is 1. The Morgan fingerprint density at radius 3 is 0.922 bits per heavy atom. The number of carbonyl (C=O) groups is 3. The molecule has 666 valence electrons. The lowest BCUT2D eigenvalue weighted by atomic mass is 9.77. The molecule has 0 bridgehead atoms. The zero-order valence-electron chi connectivity index (χ0n) is 66.4. The van der Waals surface area contributed by atoms with E-state index < -0.39 is 107 Å². The van der Waals surface area contributed by atoms with Gasteiger partial charge in [0.05, 0.1) is 44.4 Å². The summed E-state index contributed by atoms with van der Waals surface area (Å²) in [5.74, 6) is -3.31. The van der Waals surface area contributed by atoms with Crippen molar-refractivity contribution in [3.63, 3.8) is 0 Å². The maximum Gasteiger partial charge on any atom is 0.573 e. The SMILES string of the molecule is Cc1nc(NC(=O)NC(Cc2ccccc2)(c2cccc(OC(F)(F)F)c2)c2cccc(OC(F)(F)F)c2)sc1C.Cn1c(NC(=O)NC(Cc2ccccc2)(c2cccc(OC(F)(F)F)c2)c2cccc(OC(F)(F)F)c2)nc2ccccc21.O=C(Nc1nc2ccccc2[nH]1)NC(Cc1ccccc1)(c1cccc(OC(F)(F)F)c1)c1cccc(OC(F)(F)F)c1. The molecule has 0 aliphatic heterocycles. The van der Waals surface area contributed by atoms with Gasteiger partial charge in [0.1, 0.15) is 34.5 Å². The third-order valence-corrected chi connectivity index (χ3v) is 20.2. The fourth-order valence-corrected chi connectivity index (χ4v) is 14.7. The normalized spacial score (nSPS) is 12.1. The molecule has 0 spiro atoms. The molecular weight excluding hydrogens is 1740 g/mol. The molecule has 3 heterocycles. The number of fused-ring (bicyclic) bond motifs is 2. The molecule has 11 aromatic carbocycles. The number of ether oxygens (including phenoxy) is 6. The van der Waals surface area contributed by atoms with E-state index in [1.165, 1.54) is 84.1 Å². The summed E-state index contributed by atoms with van der Waals surface area (Å²) in [6.07, 6.45) is -30.3. The van der Waals surface area contributed by atoms with E-state index in [1.54, 1.807) is 158 Å². The lowest BCUT2D eigenvalue weighted by molar-refractivity contribution is -0.275. The highest BCUT2D eigenvalue weighted by atomic mass is 32.1. The molecule has 0 aliphatic carbocycles. The summed E-state index contributed by atoms with van der Waals surface area (Å²) in [6.45, 7) is 3.57. The maximum absolute atomic E-state index is 13.7. The summed E-state index contributed by atoms with van der Waals surface area (Å²) in [5.41, 5.74) is 0.393. The fraction of sp³-hybridized carbons (Fsp3) is 0.169. The fourth-order valence-electron chi connectivity index (χ4n) is 13.9. The van der Waals surface area contributed by atoms with E-state index in [-0.39, 0.29) is 69.7 Å². The van der Waals surface area contributed by atoms with E-state index in [9.17, 15) is 93.4 Å². The van der Waals surface area contributed by atoms with Crippen molar-refractivity contribution in [3.05, 3.63) is 346 Å². The van der Waals surface area contributed by atoms with Gasteiger partial charge in [0.2, 0.25) is 11.9 Å². The van der Waals surface area contributed by atoms with E-state index >= 15 is 0 Å². The van der Waals surface area contributed by atoms with Crippen LogP contribution in [0.3, 0.4) is 0 Å². The van der Waals surface area contributed by atoms with Crippen LogP contribution in [0.4, 0.5) is 110 Å². The quantitative estimate of drug-likeness (QED) is 0.0280. The van der Waals surface area contributed by atoms with Gasteiger partial charge in [-0.2, -0.15) is 0 Å². The van der Waals surface area contributed by atoms with Crippen LogP contribution in [0.1, 0.15) is 60.6 Å². The minimum atomic E-state index is -5.02. The van der Waals surface area contributed by atoms with Crippen molar-refractivity contribution in [3.8, 4) is 34.5 Å². The summed E-state index contributed by atoms with van der Waals surface area (Å²) in [6, 6.07) is 66.6. The Kier molecular flexibility index (Phi) is 27.8. The molecule has 0 fully saturated rings. The van der Waals surface area contributed by atoms with Crippen molar-refractivity contribution in [1.29, 1.82) is 0 Å². The molecule has 39 heteroatoms. The van der Waals surface area contributed by atoms with Gasteiger partial charge in [-0.1, -0.05) is 188 Å². The predicted molar refractivity (Wildman–Crippen MR) is 436 cm³/mol. The van der Waals surface area contributed by atoms with Gasteiger partial charge in [0, 0.05) is 31.2 Å². The van der Waals surface area contributed by atoms with Crippen LogP contribution in [0.25, 0.3) is 22.1 Å². The number of thiazole rings is 1. The van der Waals surface area contributed by atoms with E-state index in [0.717, 1.165) is 77.7 Å². The number of hydrogen-bond donors (Lipinski definition) is 7. The van der Waals surface area contributed by atoms with Crippen molar-refractivity contribution in [2.24, 2.45) is 7.05 Å². The van der Waals surface area contributed by atoms with Crippen LogP contribution in [0.2, 0.25) is 0 Å². The Morgan fingerprint density at radius 2 is 0.625 bits per heavy atom. The van der Waals surface area contributed by atoms with Crippen molar-refractivity contribution >= 4 is 68.5 Å². The van der Waals surface area contributed by atoms with Gasteiger partial charge in [0.25, 0.3) is 0 Å². The van der Waals surface area contributed by atoms with Crippen LogP contribution >= 0.6 is 11.3 Å². The zero-order valence-corrected chi connectivity index (χ0v) is 67.2. The number of imidazole rings is 2. The van der Waals surface area contributed by atoms with Gasteiger partial charge in [-0.15, -0.1) is 90.4 Å². The summed E-state index contributed by atoms with van der Waals surface area (Å²) >= 11 is 1.21. The van der Waals surface area contributed by atoms with Gasteiger partial charge < -0.3 is 53.9 Å². The summed E-state index contributed by atoms with van der Waals surface area (Å²) < 4.78 is 263. The maximum atomic E-state index is 13.7. The number of alkyl halides is 18. The second-order valence-electron chi connectivity index (χ2n) is 28.1. The van der Waals surface area contributed by atoms with Crippen molar-refractivity contribution in [1.82, 2.24) is 40.5 Å². The zero-order chi connectivity index (χ0) is 92.0. The number of anilines is 3. The molecule has 0 radical (unpaired) electrons. The number of carbonyl (C=O) groups excluding carboxylic acids is 3. The molecule has 0 unspecified atom stereocenters. The van der Waals surface area contributed by atoms with Crippen molar-refractivity contribution in [2.75, 3.05) is 16.0 Å². The number of aromatic nitrogens is 5. The molecule has 0 aliphatic rings. The Bertz CT molecular complexity index is 5940. The van der Waals surface area contributed by atoms with Crippen LogP contribution in [-0.2, 0) is 42.9 Å². The van der Waals surface area contributed by atoms with E-state index in [2.05, 4.69) is 80.3 Å². The lowest BCUT2D eigenvalue weighted by Crippen LogP contribution is -2.50. The van der Waals surface area contributed by atoms with Crippen LogP contribution in [-0.4, -0.2) is 80.8 Å². The minimum absolute atomic E-state index is 0.0654. The van der Waals surface area contributed by atoms with Gasteiger partial charge in [0.15, 0.2) is 5.13 Å². The number of H-pyrrole nitrogens is 1. The van der Waals surface area contributed by atoms with Crippen molar-refractivity contribution < 1.29 is 122 Å². The number of nitrogens with one attached hydrogen (secondary N) is 7. The highest BCUT2D eigenvalue weighted by molar-refractivity contribution is 7.15. The van der Waals surface area contributed by atoms with E-state index in [1.807, 2.05) is 6.92 Å². The predicted octanol–water partition coefficient (Wildman–Crippen LogP) is 23.2. The molecule has 0 saturated carbocycles. The number of hydrogen-bond acceptors (Lipinski definition) is 13. The van der Waals surface area contributed by atoms with Crippen molar-refractivity contribution in [2.45, 2.75) is 87.9 Å². The Labute approximate surface area is 718 Å². The molecule has 14 aromatic rings. The Hall–Kier alpha value is -14.7. The third kappa shape index (κ3) is 25.3. The first kappa shape index (κ1) is 92.5. The average molecular weight is 1810 g/mol. The summed E-state index contributed by atoms with van der Waals surface area (Å²) in [5, 5.41) is 16.6. The molecule has 6 amide bonds. The molecule has 3 aromatic heterocycles. The smallest absolute Gasteiger partial charge is 0.406 e. The van der Waals surface area contributed by atoms with Crippen LogP contribution in [0, 0.1) is 13.8 Å². The van der Waals surface area contributed by atoms with Crippen LogP contribution in [0.5, 0.6) is 34.5 Å². The first-order chi connectivity index (χ1) is 60.4. The van der Waals surface area contributed by atoms with Gasteiger partial charge in [-0.05, 0) is 161 Å². The molecule has 0 saturated heterocycles. The monoisotopic (exact) mass is 1810 g/mol. The number of aryl methyl sites for hydroxylation is 3. The number of para-hydroxylation sites is 4. The highest BCUT2D eigenvalue weighted by Crippen LogP contribution is 2.44. The summed E-state index contributed by atoms with van der Waals surface area (Å²) in [7, 11) is 1.68. The number of benzene rings is 11. The van der Waals surface area contributed by atoms with Gasteiger partial charge >= 0.3 is 56.3 Å². The average Bonchev–Trinajstić information content (AvgIpc) is 0.782. The van der Waals surface area contributed by atoms with Gasteiger partial charge in [-0.25, -0.2) is 29.3 Å². The number of halogens is 18. The largest absolute Gasteiger partial charge is 0.573 e. The summed E-state index contributed by atoms with van der Waals surface area (Å²) in [4.78, 5) is 57.5. The molecule has 0 atom stereocenters. The molecule has 20 nitrogen and oxygen atoms in total. The number of nitrogens with zero attached hydrogens (tertiary/aromatic N) is 4. The van der Waals surface area contributed by atoms with Crippen LogP contribution in [0.15, 0.2) is 285 Å². The van der Waals surface area contributed by atoms with Crippen LogP contribution < -0.4 is 60.3 Å². The van der Waals surface area contributed by atoms with Gasteiger partial charge in [-0.3, -0.25) is 16.0 Å². The highest BCUT2D eigenvalue weighted by Gasteiger charge is 2.45. The second-order valence-corrected chi connectivity index (χ2v) is 29.3. The lowest BCUT2D eigenvalue weighted by Gasteiger charge is -2.37.